The van der Waals surface area contributed by atoms with E-state index in [0.717, 1.165) is 49.0 Å². The zero-order valence-electron chi connectivity index (χ0n) is 24.1. The molecule has 0 saturated heterocycles. The molecule has 5 heterocycles. The molecule has 38 heavy (non-hydrogen) atoms. The third kappa shape index (κ3) is 3.72. The molecule has 0 radical (unpaired) electrons. The highest BCUT2D eigenvalue weighted by Crippen LogP contribution is 2.42. The van der Waals surface area contributed by atoms with E-state index in [0.29, 0.717) is 0 Å². The second kappa shape index (κ2) is 9.41. The molecular weight excluding hydrogens is 464 g/mol. The van der Waals surface area contributed by atoms with Gasteiger partial charge < -0.3 is 9.97 Å². The van der Waals surface area contributed by atoms with Crippen LogP contribution in [0.5, 0.6) is 0 Å². The summed E-state index contributed by atoms with van der Waals surface area (Å²) in [6.07, 6.45) is 7.48. The summed E-state index contributed by atoms with van der Waals surface area (Å²) < 4.78 is 0. The SMILES string of the molecule is CCC1=C(C)c2cc3[nH]c(cc4[nH]c(cc5nc6c(c1n2)CCCCC6=C5C)c(CC)c4C)c(CC)c3C. The normalized spacial score (nSPS) is 15.4. The van der Waals surface area contributed by atoms with Crippen LogP contribution in [0.3, 0.4) is 0 Å². The van der Waals surface area contributed by atoms with Crippen LogP contribution in [0.2, 0.25) is 0 Å². The van der Waals surface area contributed by atoms with Crippen molar-refractivity contribution < 1.29 is 0 Å². The van der Waals surface area contributed by atoms with E-state index in [2.05, 4.69) is 76.6 Å². The number of aromatic nitrogens is 4. The molecule has 2 aliphatic heterocycles. The van der Waals surface area contributed by atoms with Crippen LogP contribution in [-0.2, 0) is 19.3 Å². The molecule has 196 valence electrons. The molecule has 1 aliphatic carbocycles. The average Bonchev–Trinajstić information content (AvgIpc) is 3.52. The standard InChI is InChI=1S/C34H40N4/c1-8-22-18(4)27-15-29-20(6)24(10-3)33(37-29)26-14-12-11-13-25-21(7)30(38-34(25)26)17-32-23(9-2)19(5)28(36-32)16-31(22)35-27/h15-17,35-36H,8-14H2,1-7H3. The van der Waals surface area contributed by atoms with E-state index in [-0.39, 0.29) is 0 Å². The lowest BCUT2D eigenvalue weighted by atomic mass is 9.96. The minimum absolute atomic E-state index is 0.979. The lowest BCUT2D eigenvalue weighted by Crippen LogP contribution is -1.96. The van der Waals surface area contributed by atoms with Gasteiger partial charge in [-0.1, -0.05) is 20.8 Å². The van der Waals surface area contributed by atoms with Gasteiger partial charge in [0, 0.05) is 27.6 Å². The Kier molecular flexibility index (Phi) is 6.17. The summed E-state index contributed by atoms with van der Waals surface area (Å²) >= 11 is 0. The first-order chi connectivity index (χ1) is 18.4. The Balaban J connectivity index is 1.84. The maximum absolute atomic E-state index is 5.35. The number of fused-ring (bicyclic) bond motifs is 8. The maximum Gasteiger partial charge on any atom is 0.0726 e. The van der Waals surface area contributed by atoms with Gasteiger partial charge in [-0.3, -0.25) is 0 Å². The fraction of sp³-hybridized carbons (Fsp3) is 0.412. The second-order valence-electron chi connectivity index (χ2n) is 11.2. The topological polar surface area (TPSA) is 57.4 Å². The van der Waals surface area contributed by atoms with Crippen molar-refractivity contribution >= 4 is 44.4 Å². The van der Waals surface area contributed by atoms with Crippen molar-refractivity contribution in [1.82, 2.24) is 19.9 Å². The van der Waals surface area contributed by atoms with Gasteiger partial charge in [-0.15, -0.1) is 0 Å². The van der Waals surface area contributed by atoms with E-state index < -0.39 is 0 Å². The number of aromatic amines is 2. The van der Waals surface area contributed by atoms with Gasteiger partial charge in [0.25, 0.3) is 0 Å². The number of nitrogens with one attached hydrogen (secondary N) is 2. The van der Waals surface area contributed by atoms with Crippen molar-refractivity contribution in [3.05, 3.63) is 68.8 Å². The summed E-state index contributed by atoms with van der Waals surface area (Å²) in [6, 6.07) is 6.88. The molecule has 6 rings (SSSR count). The first-order valence-corrected chi connectivity index (χ1v) is 14.5. The van der Waals surface area contributed by atoms with Crippen molar-refractivity contribution in [3.8, 4) is 0 Å². The minimum atomic E-state index is 0.979. The molecule has 0 fully saturated rings. The Morgan fingerprint density at radius 1 is 0.632 bits per heavy atom. The molecule has 0 saturated carbocycles. The van der Waals surface area contributed by atoms with E-state index in [1.165, 1.54) is 90.9 Å². The molecule has 0 aromatic carbocycles. The fourth-order valence-electron chi connectivity index (χ4n) is 6.90. The molecule has 3 aliphatic rings. The first-order valence-electron chi connectivity index (χ1n) is 14.5. The van der Waals surface area contributed by atoms with Gasteiger partial charge in [-0.2, -0.15) is 0 Å². The summed E-state index contributed by atoms with van der Waals surface area (Å²) in [4.78, 5) is 18.3. The van der Waals surface area contributed by atoms with Crippen LogP contribution < -0.4 is 0 Å². The quantitative estimate of drug-likeness (QED) is 0.374. The van der Waals surface area contributed by atoms with E-state index in [9.17, 15) is 0 Å². The molecule has 8 bridgehead atoms. The number of nitrogens with zero attached hydrogens (tertiary/aromatic N) is 2. The van der Waals surface area contributed by atoms with Gasteiger partial charge in [-0.25, -0.2) is 9.97 Å². The molecular formula is C34H40N4. The van der Waals surface area contributed by atoms with Crippen molar-refractivity contribution in [2.24, 2.45) is 0 Å². The lowest BCUT2D eigenvalue weighted by molar-refractivity contribution is 0.768. The van der Waals surface area contributed by atoms with Gasteiger partial charge in [0.05, 0.1) is 22.8 Å². The summed E-state index contributed by atoms with van der Waals surface area (Å²) in [5.41, 5.74) is 21.4. The van der Waals surface area contributed by atoms with E-state index >= 15 is 0 Å². The summed E-state index contributed by atoms with van der Waals surface area (Å²) in [5.74, 6) is 0. The molecule has 2 N–H and O–H groups in total. The number of hydrogen-bond acceptors (Lipinski definition) is 2. The monoisotopic (exact) mass is 504 g/mol. The molecule has 4 nitrogen and oxygen atoms in total. The number of H-pyrrole nitrogens is 2. The zero-order valence-corrected chi connectivity index (χ0v) is 24.1. The van der Waals surface area contributed by atoms with Crippen LogP contribution >= 0.6 is 0 Å². The number of hydrogen-bond donors (Lipinski definition) is 2. The Morgan fingerprint density at radius 3 is 1.84 bits per heavy atom. The molecule has 0 amide bonds. The Hall–Kier alpha value is -3.40. The molecule has 0 unspecified atom stereocenters. The van der Waals surface area contributed by atoms with Crippen LogP contribution in [0.15, 0.2) is 18.2 Å². The summed E-state index contributed by atoms with van der Waals surface area (Å²) in [7, 11) is 0. The van der Waals surface area contributed by atoms with Gasteiger partial charge >= 0.3 is 0 Å². The van der Waals surface area contributed by atoms with Crippen LogP contribution in [0.4, 0.5) is 0 Å². The highest BCUT2D eigenvalue weighted by Gasteiger charge is 2.27. The van der Waals surface area contributed by atoms with Gasteiger partial charge in [0.2, 0.25) is 0 Å². The molecule has 3 aromatic rings. The van der Waals surface area contributed by atoms with E-state index in [1.807, 2.05) is 0 Å². The summed E-state index contributed by atoms with van der Waals surface area (Å²) in [6.45, 7) is 15.8. The first kappa shape index (κ1) is 24.9. The summed E-state index contributed by atoms with van der Waals surface area (Å²) in [5, 5.41) is 0. The minimum Gasteiger partial charge on any atom is -0.355 e. The predicted molar refractivity (Wildman–Crippen MR) is 162 cm³/mol. The Labute approximate surface area is 226 Å². The van der Waals surface area contributed by atoms with E-state index in [1.54, 1.807) is 0 Å². The van der Waals surface area contributed by atoms with Crippen molar-refractivity contribution in [1.29, 1.82) is 0 Å². The third-order valence-electron chi connectivity index (χ3n) is 9.20. The van der Waals surface area contributed by atoms with Crippen molar-refractivity contribution in [2.75, 3.05) is 0 Å². The molecule has 0 atom stereocenters. The number of rotatable bonds is 3. The maximum atomic E-state index is 5.35. The third-order valence-corrected chi connectivity index (χ3v) is 9.20. The Bertz CT molecular complexity index is 1700. The Morgan fingerprint density at radius 2 is 1.18 bits per heavy atom. The smallest absolute Gasteiger partial charge is 0.0726 e. The number of allylic oxidation sites excluding steroid dienone is 4. The van der Waals surface area contributed by atoms with Crippen LogP contribution in [-0.4, -0.2) is 19.9 Å². The molecule has 0 spiro atoms. The predicted octanol–water partition coefficient (Wildman–Crippen LogP) is 9.05. The van der Waals surface area contributed by atoms with Gasteiger partial charge in [0.1, 0.15) is 0 Å². The second-order valence-corrected chi connectivity index (χ2v) is 11.2. The van der Waals surface area contributed by atoms with E-state index in [4.69, 9.17) is 9.97 Å². The average molecular weight is 505 g/mol. The lowest BCUT2D eigenvalue weighted by Gasteiger charge is -2.08. The van der Waals surface area contributed by atoms with Gasteiger partial charge in [0.15, 0.2) is 0 Å². The largest absolute Gasteiger partial charge is 0.355 e. The van der Waals surface area contributed by atoms with Crippen LogP contribution in [0.25, 0.3) is 44.4 Å². The molecule has 4 heteroatoms. The highest BCUT2D eigenvalue weighted by molar-refractivity contribution is 5.97. The van der Waals surface area contributed by atoms with Crippen molar-refractivity contribution in [2.45, 2.75) is 93.4 Å². The van der Waals surface area contributed by atoms with Crippen LogP contribution in [0, 0.1) is 13.8 Å². The fourth-order valence-corrected chi connectivity index (χ4v) is 6.90. The van der Waals surface area contributed by atoms with Gasteiger partial charge in [-0.05, 0) is 135 Å². The zero-order chi connectivity index (χ0) is 26.7. The van der Waals surface area contributed by atoms with Crippen molar-refractivity contribution in [3.63, 3.8) is 0 Å². The van der Waals surface area contributed by atoms with Crippen LogP contribution in [0.1, 0.15) is 111 Å². The number of aryl methyl sites for hydroxylation is 4. The highest BCUT2D eigenvalue weighted by atomic mass is 14.8. The molecule has 3 aromatic heterocycles.